The van der Waals surface area contributed by atoms with Crippen molar-refractivity contribution in [2.75, 3.05) is 18.9 Å². The van der Waals surface area contributed by atoms with Gasteiger partial charge >= 0.3 is 0 Å². The molecule has 3 aromatic rings. The highest BCUT2D eigenvalue weighted by Gasteiger charge is 2.22. The summed E-state index contributed by atoms with van der Waals surface area (Å²) < 4.78 is 0. The molecule has 0 saturated heterocycles. The zero-order valence-electron chi connectivity index (χ0n) is 19.2. The van der Waals surface area contributed by atoms with E-state index in [4.69, 9.17) is 0 Å². The fourth-order valence-corrected chi connectivity index (χ4v) is 3.47. The lowest BCUT2D eigenvalue weighted by atomic mass is 9.95. The molecule has 5 nitrogen and oxygen atoms in total. The van der Waals surface area contributed by atoms with E-state index in [1.165, 1.54) is 4.90 Å². The molecule has 0 unspecified atom stereocenters. The van der Waals surface area contributed by atoms with Gasteiger partial charge in [0.1, 0.15) is 0 Å². The molecule has 1 N–H and O–H groups in total. The molecule has 32 heavy (non-hydrogen) atoms. The van der Waals surface area contributed by atoms with Crippen LogP contribution in [-0.4, -0.2) is 36.1 Å². The van der Waals surface area contributed by atoms with Crippen LogP contribution in [0.1, 0.15) is 48.5 Å². The van der Waals surface area contributed by atoms with Crippen LogP contribution in [0.25, 0.3) is 0 Å². The summed E-state index contributed by atoms with van der Waals surface area (Å²) >= 11 is 0. The summed E-state index contributed by atoms with van der Waals surface area (Å²) in [5.41, 5.74) is 6.02. The summed E-state index contributed by atoms with van der Waals surface area (Å²) in [6.07, 6.45) is 0. The average Bonchev–Trinajstić information content (AvgIpc) is 2.77. The summed E-state index contributed by atoms with van der Waals surface area (Å²) in [4.78, 5) is 40.2. The smallest absolute Gasteiger partial charge is 0.254 e. The van der Waals surface area contributed by atoms with E-state index in [0.29, 0.717) is 11.1 Å². The number of likely N-dealkylation sites (N-methyl/N-ethyl adjacent to an activating group) is 1. The molecule has 2 amide bonds. The van der Waals surface area contributed by atoms with Crippen LogP contribution < -0.4 is 5.32 Å². The Kier molecular flexibility index (Phi) is 6.89. The van der Waals surface area contributed by atoms with Gasteiger partial charge in [0, 0.05) is 23.9 Å². The number of carbonyl (C=O) groups excluding carboxylic acids is 3. The van der Waals surface area contributed by atoms with Gasteiger partial charge < -0.3 is 10.2 Å². The Morgan fingerprint density at radius 2 is 1.47 bits per heavy atom. The number of rotatable bonds is 6. The monoisotopic (exact) mass is 428 g/mol. The number of benzene rings is 3. The number of amides is 2. The van der Waals surface area contributed by atoms with E-state index in [0.717, 1.165) is 27.9 Å². The fraction of sp³-hybridized carbons (Fsp3) is 0.222. The van der Waals surface area contributed by atoms with Crippen LogP contribution in [0, 0.1) is 27.7 Å². The second-order valence-electron chi connectivity index (χ2n) is 8.13. The maximum absolute atomic E-state index is 13.1. The highest BCUT2D eigenvalue weighted by molar-refractivity contribution is 6.15. The van der Waals surface area contributed by atoms with Crippen molar-refractivity contribution in [3.8, 4) is 0 Å². The number of aryl methyl sites for hydroxylation is 3. The Morgan fingerprint density at radius 1 is 0.781 bits per heavy atom. The molecule has 0 aliphatic rings. The van der Waals surface area contributed by atoms with Gasteiger partial charge in [-0.2, -0.15) is 0 Å². The molecule has 0 bridgehead atoms. The quantitative estimate of drug-likeness (QED) is 0.570. The van der Waals surface area contributed by atoms with E-state index in [9.17, 15) is 14.4 Å². The van der Waals surface area contributed by atoms with Crippen molar-refractivity contribution < 1.29 is 14.4 Å². The maximum Gasteiger partial charge on any atom is 0.254 e. The summed E-state index contributed by atoms with van der Waals surface area (Å²) in [7, 11) is 1.56. The maximum atomic E-state index is 13.1. The minimum atomic E-state index is -0.381. The van der Waals surface area contributed by atoms with E-state index < -0.39 is 0 Å². The van der Waals surface area contributed by atoms with Gasteiger partial charge in [-0.25, -0.2) is 0 Å². The standard InChI is InChI=1S/C27H28N2O3/c1-17-13-14-21(15-19(17)3)26(31)22-10-6-7-11-23(22)27(32)29(5)16-25(30)28-24-12-8-9-18(2)20(24)4/h6-15H,16H2,1-5H3,(H,28,30). The number of nitrogens with one attached hydrogen (secondary N) is 1. The predicted octanol–water partition coefficient (Wildman–Crippen LogP) is 4.86. The van der Waals surface area contributed by atoms with Crippen LogP contribution in [0.4, 0.5) is 5.69 Å². The van der Waals surface area contributed by atoms with Gasteiger partial charge in [-0.3, -0.25) is 14.4 Å². The topological polar surface area (TPSA) is 66.5 Å². The average molecular weight is 429 g/mol. The Morgan fingerprint density at radius 3 is 2.16 bits per heavy atom. The van der Waals surface area contributed by atoms with Crippen molar-refractivity contribution in [3.63, 3.8) is 0 Å². The zero-order valence-corrected chi connectivity index (χ0v) is 19.2. The molecular weight excluding hydrogens is 400 g/mol. The number of anilines is 1. The second-order valence-corrected chi connectivity index (χ2v) is 8.13. The van der Waals surface area contributed by atoms with Crippen molar-refractivity contribution in [3.05, 3.63) is 99.6 Å². The Labute approximate surface area is 189 Å². The molecule has 0 spiro atoms. The van der Waals surface area contributed by atoms with Gasteiger partial charge in [-0.15, -0.1) is 0 Å². The Hall–Kier alpha value is -3.73. The van der Waals surface area contributed by atoms with E-state index in [1.54, 1.807) is 37.4 Å². The van der Waals surface area contributed by atoms with Gasteiger partial charge in [-0.1, -0.05) is 42.5 Å². The molecule has 0 atom stereocenters. The summed E-state index contributed by atoms with van der Waals surface area (Å²) in [5, 5.41) is 2.86. The van der Waals surface area contributed by atoms with Crippen LogP contribution in [0.15, 0.2) is 60.7 Å². The first kappa shape index (κ1) is 22.9. The Balaban J connectivity index is 1.78. The SMILES string of the molecule is Cc1ccc(C(=O)c2ccccc2C(=O)N(C)CC(=O)Nc2cccc(C)c2C)cc1C. The number of hydrogen-bond donors (Lipinski definition) is 1. The highest BCUT2D eigenvalue weighted by atomic mass is 16.2. The minimum Gasteiger partial charge on any atom is -0.332 e. The molecule has 5 heteroatoms. The molecule has 0 fully saturated rings. The molecule has 0 heterocycles. The van der Waals surface area contributed by atoms with Crippen LogP contribution in [0.3, 0.4) is 0 Å². The summed E-state index contributed by atoms with van der Waals surface area (Å²) in [5.74, 6) is -0.897. The van der Waals surface area contributed by atoms with E-state index in [-0.39, 0.29) is 29.7 Å². The molecule has 3 aromatic carbocycles. The number of carbonyl (C=O) groups is 3. The first-order chi connectivity index (χ1) is 15.2. The van der Waals surface area contributed by atoms with Crippen LogP contribution in [0.5, 0.6) is 0 Å². The summed E-state index contributed by atoms with van der Waals surface area (Å²) in [6.45, 7) is 7.72. The van der Waals surface area contributed by atoms with Gasteiger partial charge in [0.25, 0.3) is 5.91 Å². The van der Waals surface area contributed by atoms with Gasteiger partial charge in [-0.05, 0) is 68.1 Å². The van der Waals surface area contributed by atoms with E-state index in [2.05, 4.69) is 5.32 Å². The fourth-order valence-electron chi connectivity index (χ4n) is 3.47. The van der Waals surface area contributed by atoms with Crippen LogP contribution in [0.2, 0.25) is 0 Å². The lowest BCUT2D eigenvalue weighted by Crippen LogP contribution is -2.35. The van der Waals surface area contributed by atoms with Gasteiger partial charge in [0.2, 0.25) is 5.91 Å². The summed E-state index contributed by atoms with van der Waals surface area (Å²) in [6, 6.07) is 17.9. The van der Waals surface area contributed by atoms with E-state index in [1.807, 2.05) is 58.0 Å². The van der Waals surface area contributed by atoms with Crippen molar-refractivity contribution in [2.24, 2.45) is 0 Å². The molecule has 0 aliphatic carbocycles. The molecule has 164 valence electrons. The first-order valence-corrected chi connectivity index (χ1v) is 10.5. The van der Waals surface area contributed by atoms with E-state index >= 15 is 0 Å². The predicted molar refractivity (Wildman–Crippen MR) is 127 cm³/mol. The molecule has 0 aromatic heterocycles. The zero-order chi connectivity index (χ0) is 23.4. The third-order valence-corrected chi connectivity index (χ3v) is 5.78. The van der Waals surface area contributed by atoms with Crippen molar-refractivity contribution in [1.82, 2.24) is 4.90 Å². The second kappa shape index (κ2) is 9.60. The lowest BCUT2D eigenvalue weighted by Gasteiger charge is -2.19. The third kappa shape index (κ3) is 4.94. The van der Waals surface area contributed by atoms with Gasteiger partial charge in [0.15, 0.2) is 5.78 Å². The molecule has 0 saturated carbocycles. The lowest BCUT2D eigenvalue weighted by molar-refractivity contribution is -0.116. The van der Waals surface area contributed by atoms with Crippen molar-refractivity contribution >= 4 is 23.3 Å². The largest absolute Gasteiger partial charge is 0.332 e. The minimum absolute atomic E-state index is 0.127. The molecular formula is C27H28N2O3. The van der Waals surface area contributed by atoms with Crippen molar-refractivity contribution in [1.29, 1.82) is 0 Å². The number of hydrogen-bond acceptors (Lipinski definition) is 3. The van der Waals surface area contributed by atoms with Crippen molar-refractivity contribution in [2.45, 2.75) is 27.7 Å². The molecule has 0 radical (unpaired) electrons. The van der Waals surface area contributed by atoms with Crippen LogP contribution in [-0.2, 0) is 4.79 Å². The molecule has 3 rings (SSSR count). The third-order valence-electron chi connectivity index (χ3n) is 5.78. The van der Waals surface area contributed by atoms with Crippen LogP contribution >= 0.6 is 0 Å². The normalized spacial score (nSPS) is 10.5. The highest BCUT2D eigenvalue weighted by Crippen LogP contribution is 2.20. The number of ketones is 1. The first-order valence-electron chi connectivity index (χ1n) is 10.5. The van der Waals surface area contributed by atoms with Gasteiger partial charge in [0.05, 0.1) is 12.1 Å². The molecule has 0 aliphatic heterocycles. The number of nitrogens with zero attached hydrogens (tertiary/aromatic N) is 1. The Bertz CT molecular complexity index is 1200.